The Hall–Kier alpha value is -1.26. The Balaban J connectivity index is 2.46. The van der Waals surface area contributed by atoms with Gasteiger partial charge in [0.1, 0.15) is 0 Å². The van der Waals surface area contributed by atoms with Gasteiger partial charge in [-0.05, 0) is 12.1 Å². The Kier molecular flexibility index (Phi) is 3.26. The van der Waals surface area contributed by atoms with Gasteiger partial charge in [0, 0.05) is 11.5 Å². The van der Waals surface area contributed by atoms with Crippen LogP contribution in [0.4, 0.5) is 5.69 Å². The monoisotopic (exact) mass is 271 g/mol. The van der Waals surface area contributed by atoms with Crippen LogP contribution in [0.2, 0.25) is 10.0 Å². The van der Waals surface area contributed by atoms with Crippen molar-refractivity contribution in [1.82, 2.24) is 10.1 Å². The fourth-order valence-electron chi connectivity index (χ4n) is 1.29. The predicted molar refractivity (Wildman–Crippen MR) is 68.3 cm³/mol. The van der Waals surface area contributed by atoms with E-state index in [0.29, 0.717) is 33.0 Å². The number of rotatable bonds is 2. The molecule has 90 valence electrons. The summed E-state index contributed by atoms with van der Waals surface area (Å²) < 4.78 is 5.14. The van der Waals surface area contributed by atoms with Crippen LogP contribution in [-0.2, 0) is 0 Å². The molecule has 0 bridgehead atoms. The second kappa shape index (κ2) is 4.55. The molecule has 0 saturated heterocycles. The van der Waals surface area contributed by atoms with E-state index in [1.807, 2.05) is 13.8 Å². The maximum Gasteiger partial charge on any atom is 0.258 e. The van der Waals surface area contributed by atoms with Crippen molar-refractivity contribution >= 4 is 28.9 Å². The molecule has 1 aromatic heterocycles. The zero-order chi connectivity index (χ0) is 12.6. The van der Waals surface area contributed by atoms with E-state index < -0.39 is 0 Å². The minimum atomic E-state index is 0.201. The molecule has 1 aromatic carbocycles. The highest BCUT2D eigenvalue weighted by atomic mass is 35.5. The quantitative estimate of drug-likeness (QED) is 0.845. The van der Waals surface area contributed by atoms with Crippen LogP contribution >= 0.6 is 23.2 Å². The summed E-state index contributed by atoms with van der Waals surface area (Å²) in [7, 11) is 0. The highest BCUT2D eigenvalue weighted by Gasteiger charge is 2.14. The number of anilines is 1. The second-order valence-electron chi connectivity index (χ2n) is 3.97. The Bertz CT molecular complexity index is 528. The average Bonchev–Trinajstić information content (AvgIpc) is 2.74. The lowest BCUT2D eigenvalue weighted by atomic mass is 10.2. The maximum atomic E-state index is 5.94. The first kappa shape index (κ1) is 12.2. The summed E-state index contributed by atoms with van der Waals surface area (Å²) in [5, 5.41) is 4.61. The van der Waals surface area contributed by atoms with Gasteiger partial charge in [0.25, 0.3) is 5.89 Å². The molecule has 17 heavy (non-hydrogen) atoms. The standard InChI is InChI=1S/C11H11Cl2N3O/c1-5(2)10-15-11(17-16-10)6-3-7(12)9(14)8(13)4-6/h3-5H,14H2,1-2H3. The summed E-state index contributed by atoms with van der Waals surface area (Å²) in [6, 6.07) is 3.31. The van der Waals surface area contributed by atoms with Crippen molar-refractivity contribution in [2.45, 2.75) is 19.8 Å². The molecule has 0 unspecified atom stereocenters. The van der Waals surface area contributed by atoms with Crippen LogP contribution in [-0.4, -0.2) is 10.1 Å². The predicted octanol–water partition coefficient (Wildman–Crippen LogP) is 3.75. The summed E-state index contributed by atoms with van der Waals surface area (Å²) in [6.07, 6.45) is 0. The topological polar surface area (TPSA) is 64.9 Å². The van der Waals surface area contributed by atoms with Crippen molar-refractivity contribution in [3.8, 4) is 11.5 Å². The van der Waals surface area contributed by atoms with Crippen molar-refractivity contribution in [1.29, 1.82) is 0 Å². The molecule has 2 aromatic rings. The normalized spacial score (nSPS) is 11.1. The largest absolute Gasteiger partial charge is 0.396 e. The number of hydrogen-bond donors (Lipinski definition) is 1. The Morgan fingerprint density at radius 2 is 1.82 bits per heavy atom. The van der Waals surface area contributed by atoms with Gasteiger partial charge in [-0.3, -0.25) is 0 Å². The lowest BCUT2D eigenvalue weighted by Crippen LogP contribution is -1.91. The fourth-order valence-corrected chi connectivity index (χ4v) is 1.78. The first-order valence-corrected chi connectivity index (χ1v) is 5.83. The van der Waals surface area contributed by atoms with Gasteiger partial charge >= 0.3 is 0 Å². The molecule has 4 nitrogen and oxygen atoms in total. The number of nitrogen functional groups attached to an aromatic ring is 1. The van der Waals surface area contributed by atoms with Crippen molar-refractivity contribution in [2.75, 3.05) is 5.73 Å². The van der Waals surface area contributed by atoms with E-state index in [-0.39, 0.29) is 5.92 Å². The third kappa shape index (κ3) is 2.37. The van der Waals surface area contributed by atoms with Crippen LogP contribution in [0.25, 0.3) is 11.5 Å². The first-order chi connectivity index (χ1) is 7.99. The molecule has 2 rings (SSSR count). The molecule has 0 aliphatic carbocycles. The summed E-state index contributed by atoms with van der Waals surface area (Å²) in [5.74, 6) is 1.23. The molecule has 0 fully saturated rings. The zero-order valence-corrected chi connectivity index (χ0v) is 10.9. The summed E-state index contributed by atoms with van der Waals surface area (Å²) in [6.45, 7) is 3.97. The van der Waals surface area contributed by atoms with E-state index in [1.165, 1.54) is 0 Å². The van der Waals surface area contributed by atoms with Crippen LogP contribution < -0.4 is 5.73 Å². The van der Waals surface area contributed by atoms with E-state index in [9.17, 15) is 0 Å². The summed E-state index contributed by atoms with van der Waals surface area (Å²) >= 11 is 11.9. The molecule has 2 N–H and O–H groups in total. The van der Waals surface area contributed by atoms with E-state index in [4.69, 9.17) is 33.5 Å². The molecule has 0 atom stereocenters. The van der Waals surface area contributed by atoms with Gasteiger partial charge in [0.15, 0.2) is 5.82 Å². The van der Waals surface area contributed by atoms with Gasteiger partial charge in [-0.2, -0.15) is 4.98 Å². The Morgan fingerprint density at radius 1 is 1.24 bits per heavy atom. The molecule has 1 heterocycles. The van der Waals surface area contributed by atoms with Crippen molar-refractivity contribution in [2.24, 2.45) is 0 Å². The minimum absolute atomic E-state index is 0.201. The molecule has 0 radical (unpaired) electrons. The highest BCUT2D eigenvalue weighted by molar-refractivity contribution is 6.39. The van der Waals surface area contributed by atoms with Crippen LogP contribution in [0.3, 0.4) is 0 Å². The van der Waals surface area contributed by atoms with Crippen LogP contribution in [0.15, 0.2) is 16.7 Å². The Labute approximate surface area is 109 Å². The first-order valence-electron chi connectivity index (χ1n) is 5.07. The van der Waals surface area contributed by atoms with E-state index in [0.717, 1.165) is 0 Å². The van der Waals surface area contributed by atoms with Gasteiger partial charge in [0.05, 0.1) is 15.7 Å². The number of benzene rings is 1. The van der Waals surface area contributed by atoms with E-state index >= 15 is 0 Å². The molecule has 0 amide bonds. The lowest BCUT2D eigenvalue weighted by Gasteiger charge is -2.02. The smallest absolute Gasteiger partial charge is 0.258 e. The number of halogens is 2. The van der Waals surface area contributed by atoms with E-state index in [1.54, 1.807) is 12.1 Å². The van der Waals surface area contributed by atoms with Gasteiger partial charge in [-0.15, -0.1) is 0 Å². The Morgan fingerprint density at radius 3 is 2.29 bits per heavy atom. The third-order valence-corrected chi connectivity index (χ3v) is 2.91. The van der Waals surface area contributed by atoms with Gasteiger partial charge in [-0.1, -0.05) is 42.2 Å². The molecule has 0 aliphatic heterocycles. The van der Waals surface area contributed by atoms with E-state index in [2.05, 4.69) is 10.1 Å². The number of hydrogen-bond acceptors (Lipinski definition) is 4. The van der Waals surface area contributed by atoms with Crippen molar-refractivity contribution in [3.63, 3.8) is 0 Å². The number of nitrogens with two attached hydrogens (primary N) is 1. The molecule has 0 aliphatic rings. The molecule has 0 spiro atoms. The van der Waals surface area contributed by atoms with Crippen LogP contribution in [0, 0.1) is 0 Å². The van der Waals surface area contributed by atoms with Gasteiger partial charge in [-0.25, -0.2) is 0 Å². The van der Waals surface area contributed by atoms with Crippen molar-refractivity contribution < 1.29 is 4.52 Å². The maximum absolute atomic E-state index is 5.94. The zero-order valence-electron chi connectivity index (χ0n) is 9.37. The van der Waals surface area contributed by atoms with Crippen LogP contribution in [0.5, 0.6) is 0 Å². The molecular weight excluding hydrogens is 261 g/mol. The lowest BCUT2D eigenvalue weighted by molar-refractivity contribution is 0.419. The molecule has 0 saturated carbocycles. The van der Waals surface area contributed by atoms with Gasteiger partial charge in [0.2, 0.25) is 0 Å². The number of aromatic nitrogens is 2. The number of nitrogens with zero attached hydrogens (tertiary/aromatic N) is 2. The molecular formula is C11H11Cl2N3O. The SMILES string of the molecule is CC(C)c1noc(-c2cc(Cl)c(N)c(Cl)c2)n1. The summed E-state index contributed by atoms with van der Waals surface area (Å²) in [5.41, 5.74) is 6.66. The minimum Gasteiger partial charge on any atom is -0.396 e. The third-order valence-electron chi connectivity index (χ3n) is 2.28. The van der Waals surface area contributed by atoms with Crippen LogP contribution in [0.1, 0.15) is 25.6 Å². The highest BCUT2D eigenvalue weighted by Crippen LogP contribution is 2.33. The second-order valence-corrected chi connectivity index (χ2v) is 4.78. The average molecular weight is 272 g/mol. The van der Waals surface area contributed by atoms with Crippen molar-refractivity contribution in [3.05, 3.63) is 28.0 Å². The fraction of sp³-hybridized carbons (Fsp3) is 0.273. The molecule has 6 heteroatoms. The van der Waals surface area contributed by atoms with Gasteiger partial charge < -0.3 is 10.3 Å². The summed E-state index contributed by atoms with van der Waals surface area (Å²) in [4.78, 5) is 4.26.